The van der Waals surface area contributed by atoms with Crippen molar-refractivity contribution in [3.05, 3.63) is 54.1 Å². The third kappa shape index (κ3) is 4.94. The van der Waals surface area contributed by atoms with Crippen LogP contribution >= 0.6 is 11.8 Å². The van der Waals surface area contributed by atoms with Gasteiger partial charge >= 0.3 is 0 Å². The van der Waals surface area contributed by atoms with Crippen LogP contribution in [0.3, 0.4) is 0 Å². The monoisotopic (exact) mass is 401 g/mol. The second kappa shape index (κ2) is 9.56. The number of carbonyl (C=O) groups excluding carboxylic acids is 1. The molecule has 0 unspecified atom stereocenters. The molecular weight excluding hydrogens is 374 g/mol. The molecule has 3 rings (SSSR count). The average Bonchev–Trinajstić information content (AvgIpc) is 2.74. The maximum absolute atomic E-state index is 13.1. The number of Topliss-reactive ketones (excluding diaryl/α,β-unsaturated/α-hetero) is 1. The first kappa shape index (κ1) is 20.9. The van der Waals surface area contributed by atoms with Gasteiger partial charge in [0.1, 0.15) is 12.4 Å². The predicted molar refractivity (Wildman–Crippen MR) is 110 cm³/mol. The van der Waals surface area contributed by atoms with E-state index >= 15 is 0 Å². The number of aliphatic hydroxyl groups excluding tert-OH is 1. The number of para-hydroxylation sites is 1. The number of carbonyl (C=O) groups is 1. The lowest BCUT2D eigenvalue weighted by molar-refractivity contribution is -0.00430. The summed E-state index contributed by atoms with van der Waals surface area (Å²) in [6, 6.07) is 15.5. The van der Waals surface area contributed by atoms with Crippen LogP contribution in [0.5, 0.6) is 5.75 Å². The van der Waals surface area contributed by atoms with Crippen LogP contribution in [0.25, 0.3) is 0 Å². The number of benzene rings is 2. The summed E-state index contributed by atoms with van der Waals surface area (Å²) in [7, 11) is 0. The molecule has 0 aromatic heterocycles. The van der Waals surface area contributed by atoms with Gasteiger partial charge in [0.25, 0.3) is 0 Å². The Morgan fingerprint density at radius 3 is 2.50 bits per heavy atom. The van der Waals surface area contributed by atoms with Gasteiger partial charge in [0.15, 0.2) is 5.78 Å². The van der Waals surface area contributed by atoms with Crippen molar-refractivity contribution in [2.24, 2.45) is 0 Å². The fraction of sp³-hybridized carbons (Fsp3) is 0.409. The number of aliphatic hydroxyl groups is 1. The van der Waals surface area contributed by atoms with Crippen molar-refractivity contribution in [1.82, 2.24) is 4.90 Å². The first-order chi connectivity index (χ1) is 13.5. The Labute approximate surface area is 170 Å². The average molecular weight is 402 g/mol. The zero-order valence-electron chi connectivity index (χ0n) is 16.4. The summed E-state index contributed by atoms with van der Waals surface area (Å²) >= 11 is 1.58. The van der Waals surface area contributed by atoms with Gasteiger partial charge in [-0.05, 0) is 38.1 Å². The molecule has 0 atom stereocenters. The number of hydrogen-bond acceptors (Lipinski definition) is 6. The standard InChI is InChI=1S/C22H27NO4S/c1-22(2,23-11-14-26-15-12-23)21(25)17-7-9-18(10-8-17)28-20-6-4-3-5-19(20)27-16-13-24/h3-10,24H,11-16H2,1-2H3. The maximum Gasteiger partial charge on any atom is 0.182 e. The van der Waals surface area contributed by atoms with Gasteiger partial charge in [0.2, 0.25) is 0 Å². The maximum atomic E-state index is 13.1. The van der Waals surface area contributed by atoms with Gasteiger partial charge < -0.3 is 14.6 Å². The van der Waals surface area contributed by atoms with Gasteiger partial charge in [-0.25, -0.2) is 0 Å². The minimum atomic E-state index is -0.552. The highest BCUT2D eigenvalue weighted by Gasteiger charge is 2.35. The van der Waals surface area contributed by atoms with Gasteiger partial charge in [0, 0.05) is 23.5 Å². The first-order valence-corrected chi connectivity index (χ1v) is 10.3. The van der Waals surface area contributed by atoms with E-state index in [1.807, 2.05) is 62.4 Å². The lowest BCUT2D eigenvalue weighted by atomic mass is 9.91. The topological polar surface area (TPSA) is 59.0 Å². The summed E-state index contributed by atoms with van der Waals surface area (Å²) < 4.78 is 11.0. The van der Waals surface area contributed by atoms with E-state index in [1.54, 1.807) is 11.8 Å². The summed E-state index contributed by atoms with van der Waals surface area (Å²) in [5, 5.41) is 8.98. The molecule has 0 radical (unpaired) electrons. The minimum absolute atomic E-state index is 0.0191. The Morgan fingerprint density at radius 1 is 1.14 bits per heavy atom. The minimum Gasteiger partial charge on any atom is -0.490 e. The zero-order chi connectivity index (χ0) is 20.0. The molecule has 1 aliphatic heterocycles. The van der Waals surface area contributed by atoms with Crippen molar-refractivity contribution >= 4 is 17.5 Å². The van der Waals surface area contributed by atoms with E-state index in [-0.39, 0.29) is 19.0 Å². The van der Waals surface area contributed by atoms with Gasteiger partial charge in [-0.3, -0.25) is 9.69 Å². The summed E-state index contributed by atoms with van der Waals surface area (Å²) in [5.41, 5.74) is 0.161. The lowest BCUT2D eigenvalue weighted by Gasteiger charge is -2.39. The number of rotatable bonds is 8. The smallest absolute Gasteiger partial charge is 0.182 e. The van der Waals surface area contributed by atoms with E-state index in [0.29, 0.717) is 18.8 Å². The van der Waals surface area contributed by atoms with Gasteiger partial charge in [-0.15, -0.1) is 0 Å². The molecule has 6 heteroatoms. The Kier molecular flexibility index (Phi) is 7.13. The van der Waals surface area contributed by atoms with Crippen LogP contribution in [-0.2, 0) is 4.74 Å². The van der Waals surface area contributed by atoms with Gasteiger partial charge in [-0.1, -0.05) is 36.0 Å². The summed E-state index contributed by atoms with van der Waals surface area (Å²) in [6.45, 7) is 7.11. The molecule has 2 aromatic carbocycles. The molecule has 1 aliphatic rings. The molecule has 150 valence electrons. The lowest BCUT2D eigenvalue weighted by Crippen LogP contribution is -2.54. The van der Waals surface area contributed by atoms with Crippen LogP contribution in [0.1, 0.15) is 24.2 Å². The van der Waals surface area contributed by atoms with Crippen molar-refractivity contribution in [2.75, 3.05) is 39.5 Å². The Hall–Kier alpha value is -1.86. The Bertz CT molecular complexity index is 785. The highest BCUT2D eigenvalue weighted by Crippen LogP contribution is 2.35. The van der Waals surface area contributed by atoms with E-state index < -0.39 is 5.54 Å². The largest absolute Gasteiger partial charge is 0.490 e. The number of nitrogens with zero attached hydrogens (tertiary/aromatic N) is 1. The molecule has 0 saturated carbocycles. The highest BCUT2D eigenvalue weighted by atomic mass is 32.2. The van der Waals surface area contributed by atoms with Crippen LogP contribution in [0, 0.1) is 0 Å². The normalized spacial score (nSPS) is 15.4. The Morgan fingerprint density at radius 2 is 1.82 bits per heavy atom. The van der Waals surface area contributed by atoms with E-state index in [4.69, 9.17) is 14.6 Å². The van der Waals surface area contributed by atoms with E-state index in [9.17, 15) is 4.79 Å². The van der Waals surface area contributed by atoms with Gasteiger partial charge in [0.05, 0.1) is 30.3 Å². The molecule has 0 bridgehead atoms. The molecule has 1 saturated heterocycles. The second-order valence-corrected chi connectivity index (χ2v) is 8.25. The van der Waals surface area contributed by atoms with Crippen LogP contribution in [0.15, 0.2) is 58.3 Å². The molecule has 0 aliphatic carbocycles. The fourth-order valence-electron chi connectivity index (χ4n) is 3.23. The highest BCUT2D eigenvalue weighted by molar-refractivity contribution is 7.99. The van der Waals surface area contributed by atoms with Crippen molar-refractivity contribution < 1.29 is 19.4 Å². The molecule has 1 heterocycles. The molecule has 2 aromatic rings. The van der Waals surface area contributed by atoms with E-state index in [1.165, 1.54) is 0 Å². The van der Waals surface area contributed by atoms with Crippen LogP contribution < -0.4 is 4.74 Å². The molecule has 5 nitrogen and oxygen atoms in total. The molecular formula is C22H27NO4S. The quantitative estimate of drug-likeness (QED) is 0.683. The number of ketones is 1. The second-order valence-electron chi connectivity index (χ2n) is 7.13. The van der Waals surface area contributed by atoms with Crippen molar-refractivity contribution in [3.63, 3.8) is 0 Å². The molecule has 1 N–H and O–H groups in total. The van der Waals surface area contributed by atoms with Crippen molar-refractivity contribution in [1.29, 1.82) is 0 Å². The van der Waals surface area contributed by atoms with E-state index in [0.717, 1.165) is 28.6 Å². The van der Waals surface area contributed by atoms with Crippen molar-refractivity contribution in [2.45, 2.75) is 29.2 Å². The summed E-state index contributed by atoms with van der Waals surface area (Å²) in [5.74, 6) is 0.868. The molecule has 1 fully saturated rings. The number of morpholine rings is 1. The third-order valence-electron chi connectivity index (χ3n) is 4.90. The van der Waals surface area contributed by atoms with Crippen LogP contribution in [0.2, 0.25) is 0 Å². The molecule has 0 spiro atoms. The number of ether oxygens (including phenoxy) is 2. The third-order valence-corrected chi connectivity index (χ3v) is 5.96. The van der Waals surface area contributed by atoms with Crippen LogP contribution in [-0.4, -0.2) is 60.8 Å². The van der Waals surface area contributed by atoms with E-state index in [2.05, 4.69) is 4.90 Å². The molecule has 0 amide bonds. The van der Waals surface area contributed by atoms with Crippen LogP contribution in [0.4, 0.5) is 0 Å². The number of hydrogen-bond donors (Lipinski definition) is 1. The Balaban J connectivity index is 1.70. The van der Waals surface area contributed by atoms with Crippen molar-refractivity contribution in [3.8, 4) is 5.75 Å². The first-order valence-electron chi connectivity index (χ1n) is 9.50. The zero-order valence-corrected chi connectivity index (χ0v) is 17.2. The van der Waals surface area contributed by atoms with Gasteiger partial charge in [-0.2, -0.15) is 0 Å². The summed E-state index contributed by atoms with van der Waals surface area (Å²) in [6.07, 6.45) is 0. The molecule has 28 heavy (non-hydrogen) atoms. The SMILES string of the molecule is CC(C)(C(=O)c1ccc(Sc2ccccc2OCCO)cc1)N1CCOCC1. The predicted octanol–water partition coefficient (Wildman–Crippen LogP) is 3.50. The summed E-state index contributed by atoms with van der Waals surface area (Å²) in [4.78, 5) is 17.3. The fourth-order valence-corrected chi connectivity index (χ4v) is 4.13.